The molecular formula is C22H15N. The molecule has 5 aromatic rings. The van der Waals surface area contributed by atoms with Crippen molar-refractivity contribution in [3.8, 4) is 0 Å². The van der Waals surface area contributed by atoms with E-state index in [4.69, 9.17) is 0 Å². The minimum atomic E-state index is 1.12. The normalized spacial score (nSPS) is 12.2. The SMILES string of the molecule is C(=C\c1ccc2ccc3cccc4ccc1c2c34)/c1ccc[nH]1. The van der Waals surface area contributed by atoms with Crippen LogP contribution in [0.5, 0.6) is 0 Å². The van der Waals surface area contributed by atoms with E-state index >= 15 is 0 Å². The monoisotopic (exact) mass is 293 g/mol. The minimum Gasteiger partial charge on any atom is -0.362 e. The second-order valence-corrected chi connectivity index (χ2v) is 5.97. The Morgan fingerprint density at radius 2 is 1.35 bits per heavy atom. The number of nitrogens with one attached hydrogen (secondary N) is 1. The molecule has 0 aliphatic rings. The van der Waals surface area contributed by atoms with E-state index in [-0.39, 0.29) is 0 Å². The van der Waals surface area contributed by atoms with Crippen molar-refractivity contribution >= 4 is 44.5 Å². The fourth-order valence-corrected chi connectivity index (χ4v) is 3.53. The van der Waals surface area contributed by atoms with Gasteiger partial charge in [0.1, 0.15) is 0 Å². The van der Waals surface area contributed by atoms with Crippen molar-refractivity contribution in [3.63, 3.8) is 0 Å². The maximum Gasteiger partial charge on any atom is 0.0380 e. The molecule has 1 aromatic heterocycles. The van der Waals surface area contributed by atoms with Crippen LogP contribution in [-0.2, 0) is 0 Å². The number of hydrogen-bond donors (Lipinski definition) is 1. The zero-order valence-corrected chi connectivity index (χ0v) is 12.6. The molecule has 0 spiro atoms. The van der Waals surface area contributed by atoms with Gasteiger partial charge >= 0.3 is 0 Å². The summed E-state index contributed by atoms with van der Waals surface area (Å²) in [5, 5.41) is 7.99. The maximum atomic E-state index is 3.22. The first-order chi connectivity index (χ1) is 11.4. The first kappa shape index (κ1) is 12.5. The lowest BCUT2D eigenvalue weighted by Gasteiger charge is -2.12. The van der Waals surface area contributed by atoms with Crippen LogP contribution in [0.15, 0.2) is 72.9 Å². The molecular weight excluding hydrogens is 278 g/mol. The van der Waals surface area contributed by atoms with E-state index in [1.807, 2.05) is 12.3 Å². The van der Waals surface area contributed by atoms with Gasteiger partial charge in [0.2, 0.25) is 0 Å². The molecule has 1 heteroatoms. The first-order valence-corrected chi connectivity index (χ1v) is 7.88. The highest BCUT2D eigenvalue weighted by molar-refractivity contribution is 6.24. The van der Waals surface area contributed by atoms with Gasteiger partial charge in [0, 0.05) is 11.9 Å². The Bertz CT molecular complexity index is 1130. The molecule has 1 heterocycles. The van der Waals surface area contributed by atoms with Crippen LogP contribution in [0.25, 0.3) is 44.5 Å². The van der Waals surface area contributed by atoms with Gasteiger partial charge in [-0.05, 0) is 56.1 Å². The average molecular weight is 293 g/mol. The molecule has 0 saturated heterocycles. The Hall–Kier alpha value is -3.06. The van der Waals surface area contributed by atoms with Gasteiger partial charge in [-0.2, -0.15) is 0 Å². The van der Waals surface area contributed by atoms with Crippen molar-refractivity contribution in [3.05, 3.63) is 84.2 Å². The summed E-state index contributed by atoms with van der Waals surface area (Å²) in [7, 11) is 0. The highest BCUT2D eigenvalue weighted by Gasteiger charge is 2.09. The molecule has 5 rings (SSSR count). The summed E-state index contributed by atoms with van der Waals surface area (Å²) in [6.07, 6.45) is 6.27. The molecule has 108 valence electrons. The van der Waals surface area contributed by atoms with Crippen LogP contribution in [0.4, 0.5) is 0 Å². The van der Waals surface area contributed by atoms with Crippen molar-refractivity contribution in [2.75, 3.05) is 0 Å². The highest BCUT2D eigenvalue weighted by Crippen LogP contribution is 2.36. The van der Waals surface area contributed by atoms with E-state index in [0.29, 0.717) is 0 Å². The lowest BCUT2D eigenvalue weighted by molar-refractivity contribution is 1.38. The van der Waals surface area contributed by atoms with Crippen molar-refractivity contribution in [1.82, 2.24) is 4.98 Å². The van der Waals surface area contributed by atoms with Crippen LogP contribution < -0.4 is 0 Å². The molecule has 0 fully saturated rings. The van der Waals surface area contributed by atoms with Gasteiger partial charge in [-0.15, -0.1) is 0 Å². The van der Waals surface area contributed by atoms with Crippen LogP contribution in [0, 0.1) is 0 Å². The summed E-state index contributed by atoms with van der Waals surface area (Å²) in [6.45, 7) is 0. The van der Waals surface area contributed by atoms with Gasteiger partial charge in [0.15, 0.2) is 0 Å². The molecule has 0 atom stereocenters. The number of aromatic amines is 1. The molecule has 0 amide bonds. The second-order valence-electron chi connectivity index (χ2n) is 5.97. The number of H-pyrrole nitrogens is 1. The van der Waals surface area contributed by atoms with E-state index in [0.717, 1.165) is 5.69 Å². The molecule has 1 nitrogen and oxygen atoms in total. The van der Waals surface area contributed by atoms with E-state index in [1.165, 1.54) is 37.9 Å². The number of rotatable bonds is 2. The molecule has 0 bridgehead atoms. The molecule has 23 heavy (non-hydrogen) atoms. The number of benzene rings is 4. The topological polar surface area (TPSA) is 15.8 Å². The smallest absolute Gasteiger partial charge is 0.0380 e. The number of hydrogen-bond acceptors (Lipinski definition) is 0. The predicted octanol–water partition coefficient (Wildman–Crippen LogP) is 6.08. The molecule has 0 unspecified atom stereocenters. The van der Waals surface area contributed by atoms with Crippen LogP contribution in [-0.4, -0.2) is 4.98 Å². The van der Waals surface area contributed by atoms with E-state index < -0.39 is 0 Å². The fourth-order valence-electron chi connectivity index (χ4n) is 3.53. The van der Waals surface area contributed by atoms with Crippen LogP contribution in [0.2, 0.25) is 0 Å². The van der Waals surface area contributed by atoms with Gasteiger partial charge < -0.3 is 4.98 Å². The van der Waals surface area contributed by atoms with Gasteiger partial charge in [0.05, 0.1) is 0 Å². The van der Waals surface area contributed by atoms with E-state index in [1.54, 1.807) is 0 Å². The second kappa shape index (κ2) is 4.72. The molecule has 0 aliphatic carbocycles. The van der Waals surface area contributed by atoms with E-state index in [2.05, 4.69) is 77.8 Å². The maximum absolute atomic E-state index is 3.22. The summed E-state index contributed by atoms with van der Waals surface area (Å²) in [5.41, 5.74) is 2.38. The Labute approximate surface area is 134 Å². The largest absolute Gasteiger partial charge is 0.362 e. The quantitative estimate of drug-likeness (QED) is 0.379. The Balaban J connectivity index is 1.84. The van der Waals surface area contributed by atoms with Crippen LogP contribution in [0.3, 0.4) is 0 Å². The summed E-state index contributed by atoms with van der Waals surface area (Å²) >= 11 is 0. The summed E-state index contributed by atoms with van der Waals surface area (Å²) < 4.78 is 0. The first-order valence-electron chi connectivity index (χ1n) is 7.88. The lowest BCUT2D eigenvalue weighted by Crippen LogP contribution is -1.85. The summed E-state index contributed by atoms with van der Waals surface area (Å²) in [6, 6.07) is 24.0. The van der Waals surface area contributed by atoms with Crippen LogP contribution in [0.1, 0.15) is 11.3 Å². The van der Waals surface area contributed by atoms with Crippen molar-refractivity contribution in [2.24, 2.45) is 0 Å². The predicted molar refractivity (Wildman–Crippen MR) is 99.9 cm³/mol. The number of aromatic nitrogens is 1. The minimum absolute atomic E-state index is 1.12. The fraction of sp³-hybridized carbons (Fsp3) is 0. The van der Waals surface area contributed by atoms with Gasteiger partial charge in [-0.1, -0.05) is 60.7 Å². The summed E-state index contributed by atoms with van der Waals surface area (Å²) in [5.74, 6) is 0. The van der Waals surface area contributed by atoms with Crippen molar-refractivity contribution < 1.29 is 0 Å². The van der Waals surface area contributed by atoms with E-state index in [9.17, 15) is 0 Å². The lowest BCUT2D eigenvalue weighted by atomic mass is 9.92. The molecule has 1 N–H and O–H groups in total. The third kappa shape index (κ3) is 1.87. The Morgan fingerprint density at radius 3 is 2.13 bits per heavy atom. The zero-order valence-electron chi connectivity index (χ0n) is 12.6. The van der Waals surface area contributed by atoms with Crippen molar-refractivity contribution in [1.29, 1.82) is 0 Å². The van der Waals surface area contributed by atoms with Gasteiger partial charge in [0.25, 0.3) is 0 Å². The Morgan fingerprint density at radius 1 is 0.609 bits per heavy atom. The molecule has 0 aliphatic heterocycles. The molecule has 0 radical (unpaired) electrons. The van der Waals surface area contributed by atoms with Crippen molar-refractivity contribution in [2.45, 2.75) is 0 Å². The van der Waals surface area contributed by atoms with Crippen LogP contribution >= 0.6 is 0 Å². The highest BCUT2D eigenvalue weighted by atomic mass is 14.7. The molecule has 4 aromatic carbocycles. The molecule has 0 saturated carbocycles. The third-order valence-corrected chi connectivity index (χ3v) is 4.63. The Kier molecular flexibility index (Phi) is 2.56. The third-order valence-electron chi connectivity index (χ3n) is 4.63. The standard InChI is InChI=1S/C22H15N/c1-3-16-8-9-18-7-6-15(10-12-19-5-2-14-23-19)20-13-11-17(4-1)21(16)22(18)20/h1-14,23H/b12-10+. The van der Waals surface area contributed by atoms with Gasteiger partial charge in [-0.25, -0.2) is 0 Å². The summed E-state index contributed by atoms with van der Waals surface area (Å²) in [4.78, 5) is 3.22. The zero-order chi connectivity index (χ0) is 15.2. The van der Waals surface area contributed by atoms with Gasteiger partial charge in [-0.3, -0.25) is 0 Å². The average Bonchev–Trinajstić information content (AvgIpc) is 3.12.